The quantitative estimate of drug-likeness (QED) is 0.0548. The summed E-state index contributed by atoms with van der Waals surface area (Å²) in [5.74, 6) is -1.08. The van der Waals surface area contributed by atoms with Gasteiger partial charge in [0.1, 0.15) is 36.3 Å². The SMILES string of the molecule is CC(C)(COP(=O)(O)OP(=O)(O)OC[C@H]1O[C@@H](n2cnc3c(N)ncnc32)[C@H](O)[C@@H]1OP(=O)(O)O)[C@@H](O)C(=O)NCCC(=O)NCCSC(=O)C[C@@H](O)C1CCCCC1. The zero-order valence-electron chi connectivity index (χ0n) is 31.9. The van der Waals surface area contributed by atoms with Gasteiger partial charge in [0.15, 0.2) is 22.8 Å². The molecule has 0 bridgehead atoms. The molecule has 0 spiro atoms. The maximum absolute atomic E-state index is 12.7. The van der Waals surface area contributed by atoms with Gasteiger partial charge in [-0.3, -0.25) is 32.5 Å². The molecule has 1 saturated carbocycles. The summed E-state index contributed by atoms with van der Waals surface area (Å²) in [6.07, 6.45) is -2.57. The van der Waals surface area contributed by atoms with E-state index in [1.165, 1.54) is 13.8 Å². The number of nitrogen functional groups attached to an aromatic ring is 1. The number of phosphoric ester groups is 3. The van der Waals surface area contributed by atoms with E-state index in [9.17, 15) is 63.0 Å². The third kappa shape index (κ3) is 14.8. The van der Waals surface area contributed by atoms with Crippen LogP contribution in [0.15, 0.2) is 12.7 Å². The maximum Gasteiger partial charge on any atom is 0.481 e. The van der Waals surface area contributed by atoms with Gasteiger partial charge in [-0.2, -0.15) is 4.31 Å². The van der Waals surface area contributed by atoms with Crippen molar-refractivity contribution in [2.75, 3.05) is 37.8 Å². The third-order valence-electron chi connectivity index (χ3n) is 9.33. The molecule has 2 fully saturated rings. The van der Waals surface area contributed by atoms with E-state index in [2.05, 4.69) is 34.4 Å². The Morgan fingerprint density at radius 3 is 2.37 bits per heavy atom. The van der Waals surface area contributed by atoms with Crippen LogP contribution in [0.4, 0.5) is 5.82 Å². The van der Waals surface area contributed by atoms with Gasteiger partial charge in [0.25, 0.3) is 0 Å². The minimum Gasteiger partial charge on any atom is -0.392 e. The molecule has 2 unspecified atom stereocenters. The molecule has 1 aliphatic heterocycles. The number of hydrogen-bond donors (Lipinski definition) is 10. The van der Waals surface area contributed by atoms with E-state index < -0.39 is 90.7 Å². The molecule has 25 nitrogen and oxygen atoms in total. The number of hydrogen-bond acceptors (Lipinski definition) is 19. The smallest absolute Gasteiger partial charge is 0.392 e. The molecule has 4 rings (SSSR count). The molecule has 2 aromatic rings. The van der Waals surface area contributed by atoms with Gasteiger partial charge in [-0.1, -0.05) is 44.9 Å². The number of anilines is 1. The number of nitrogens with one attached hydrogen (secondary N) is 2. The van der Waals surface area contributed by atoms with E-state index in [0.717, 1.165) is 61.1 Å². The van der Waals surface area contributed by atoms with Crippen molar-refractivity contribution in [1.82, 2.24) is 30.2 Å². The van der Waals surface area contributed by atoms with Gasteiger partial charge in [-0.15, -0.1) is 0 Å². The predicted molar refractivity (Wildman–Crippen MR) is 204 cm³/mol. The van der Waals surface area contributed by atoms with Crippen molar-refractivity contribution in [2.45, 2.75) is 95.5 Å². The lowest BCUT2D eigenvalue weighted by Gasteiger charge is -2.30. The lowest BCUT2D eigenvalue weighted by molar-refractivity contribution is -0.137. The first-order chi connectivity index (χ1) is 27.5. The molecule has 1 saturated heterocycles. The summed E-state index contributed by atoms with van der Waals surface area (Å²) < 4.78 is 62.2. The highest BCUT2D eigenvalue weighted by molar-refractivity contribution is 8.13. The number of phosphoric acid groups is 3. The first kappa shape index (κ1) is 49.2. The monoisotopic (exact) mass is 921 g/mol. The van der Waals surface area contributed by atoms with Crippen LogP contribution in [0.1, 0.15) is 65.0 Å². The summed E-state index contributed by atoms with van der Waals surface area (Å²) in [7, 11) is -16.4. The van der Waals surface area contributed by atoms with Crippen LogP contribution in [0.5, 0.6) is 0 Å². The molecule has 29 heteroatoms. The van der Waals surface area contributed by atoms with Crippen molar-refractivity contribution in [1.29, 1.82) is 0 Å². The summed E-state index contributed by atoms with van der Waals surface area (Å²) in [6.45, 7) is 0.406. The molecule has 2 aliphatic rings. The van der Waals surface area contributed by atoms with Crippen molar-refractivity contribution in [3.05, 3.63) is 12.7 Å². The maximum atomic E-state index is 12.7. The van der Waals surface area contributed by atoms with Crippen molar-refractivity contribution >= 4 is 69.1 Å². The number of aliphatic hydroxyl groups is 3. The Morgan fingerprint density at radius 1 is 1.02 bits per heavy atom. The Hall–Kier alpha value is -2.48. The highest BCUT2D eigenvalue weighted by atomic mass is 32.2. The number of carbonyl (C=O) groups is 3. The summed E-state index contributed by atoms with van der Waals surface area (Å²) in [4.78, 5) is 88.0. The van der Waals surface area contributed by atoms with Crippen LogP contribution in [-0.4, -0.2) is 134 Å². The molecule has 2 amide bonds. The summed E-state index contributed by atoms with van der Waals surface area (Å²) in [5, 5.41) is 36.6. The molecular formula is C30H50N7O18P3S. The van der Waals surface area contributed by atoms with Crippen molar-refractivity contribution in [2.24, 2.45) is 11.3 Å². The lowest BCUT2D eigenvalue weighted by Crippen LogP contribution is -2.46. The van der Waals surface area contributed by atoms with Crippen molar-refractivity contribution in [3.8, 4) is 0 Å². The van der Waals surface area contributed by atoms with Gasteiger partial charge in [0, 0.05) is 37.1 Å². The number of aromatic nitrogens is 4. The van der Waals surface area contributed by atoms with E-state index in [-0.39, 0.29) is 59.7 Å². The molecule has 8 atom stereocenters. The molecule has 2 aromatic heterocycles. The molecule has 0 aromatic carbocycles. The number of fused-ring (bicyclic) bond motifs is 1. The van der Waals surface area contributed by atoms with Gasteiger partial charge in [-0.05, 0) is 18.8 Å². The summed E-state index contributed by atoms with van der Waals surface area (Å²) >= 11 is 1.00. The van der Waals surface area contributed by atoms with Gasteiger partial charge in [0.05, 0.1) is 25.6 Å². The average molecular weight is 922 g/mol. The second-order valence-electron chi connectivity index (χ2n) is 14.5. The standard InChI is InChI=1S/C30H50N7O18P3S/c1-30(2,25(42)28(43)33-9-8-20(39)32-10-11-59-21(40)12-18(38)17-6-4-3-5-7-17)14-52-58(49,50)55-57(47,48)51-13-19-24(54-56(44,45)46)23(41)29(53-19)37-16-36-22-26(31)34-15-35-27(22)37/h15-19,23-25,29,38,41-42H,3-14H2,1-2H3,(H,32,39)(H,33,43)(H,47,48)(H,49,50)(H2,31,34,35)(H2,44,45,46)/t18-,19-,23-,24-,25+,29-/m1/s1. The number of nitrogens with zero attached hydrogens (tertiary/aromatic N) is 4. The first-order valence-corrected chi connectivity index (χ1v) is 23.7. The Morgan fingerprint density at radius 2 is 1.69 bits per heavy atom. The van der Waals surface area contributed by atoms with Gasteiger partial charge < -0.3 is 56.0 Å². The number of nitrogens with two attached hydrogens (primary N) is 1. The summed E-state index contributed by atoms with van der Waals surface area (Å²) in [5.41, 5.74) is 4.25. The zero-order chi connectivity index (χ0) is 43.8. The Balaban J connectivity index is 1.19. The molecule has 0 radical (unpaired) electrons. The second kappa shape index (κ2) is 21.1. The van der Waals surface area contributed by atoms with Crippen LogP contribution >= 0.6 is 35.2 Å². The molecule has 1 aliphatic carbocycles. The highest BCUT2D eigenvalue weighted by Crippen LogP contribution is 2.61. The normalized spacial score (nSPS) is 23.6. The number of thioether (sulfide) groups is 1. The van der Waals surface area contributed by atoms with Crippen LogP contribution in [0.2, 0.25) is 0 Å². The highest BCUT2D eigenvalue weighted by Gasteiger charge is 2.50. The van der Waals surface area contributed by atoms with Crippen molar-refractivity contribution < 1.29 is 85.6 Å². The minimum atomic E-state index is -5.58. The van der Waals surface area contributed by atoms with Gasteiger partial charge in [-0.25, -0.2) is 28.6 Å². The summed E-state index contributed by atoms with van der Waals surface area (Å²) in [6, 6.07) is 0. The number of aliphatic hydroxyl groups excluding tert-OH is 3. The average Bonchev–Trinajstić information content (AvgIpc) is 3.71. The van der Waals surface area contributed by atoms with E-state index in [4.69, 9.17) is 19.5 Å². The van der Waals surface area contributed by atoms with Gasteiger partial charge >= 0.3 is 23.5 Å². The number of ether oxygens (including phenoxy) is 1. The van der Waals surface area contributed by atoms with Gasteiger partial charge in [0.2, 0.25) is 11.8 Å². The minimum absolute atomic E-state index is 0.0278. The van der Waals surface area contributed by atoms with Crippen LogP contribution < -0.4 is 16.4 Å². The third-order valence-corrected chi connectivity index (χ3v) is 13.3. The largest absolute Gasteiger partial charge is 0.481 e. The van der Waals surface area contributed by atoms with E-state index >= 15 is 0 Å². The molecule has 334 valence electrons. The van der Waals surface area contributed by atoms with Crippen LogP contribution in [-0.2, 0) is 50.7 Å². The van der Waals surface area contributed by atoms with E-state index in [1.807, 2.05) is 0 Å². The second-order valence-corrected chi connectivity index (χ2v) is 19.8. The topological polar surface area (TPSA) is 384 Å². The molecular weight excluding hydrogens is 871 g/mol. The van der Waals surface area contributed by atoms with Crippen molar-refractivity contribution in [3.63, 3.8) is 0 Å². The molecule has 59 heavy (non-hydrogen) atoms. The Kier molecular flexibility index (Phi) is 17.6. The number of carbonyl (C=O) groups excluding carboxylic acids is 3. The Bertz CT molecular complexity index is 1920. The number of rotatable bonds is 22. The Labute approximate surface area is 341 Å². The number of amides is 2. The zero-order valence-corrected chi connectivity index (χ0v) is 35.4. The fourth-order valence-electron chi connectivity index (χ4n) is 6.21. The van der Waals surface area contributed by atoms with Crippen LogP contribution in [0, 0.1) is 11.3 Å². The van der Waals surface area contributed by atoms with Crippen LogP contribution in [0.3, 0.4) is 0 Å². The molecule has 3 heterocycles. The fraction of sp³-hybridized carbons (Fsp3) is 0.733. The van der Waals surface area contributed by atoms with E-state index in [0.29, 0.717) is 0 Å². The lowest BCUT2D eigenvalue weighted by atomic mass is 9.84. The number of imidazole rings is 1. The predicted octanol–water partition coefficient (Wildman–Crippen LogP) is -0.00400. The van der Waals surface area contributed by atoms with Crippen LogP contribution in [0.25, 0.3) is 11.2 Å². The first-order valence-electron chi connectivity index (χ1n) is 18.2. The fourth-order valence-corrected chi connectivity index (χ4v) is 9.76. The van der Waals surface area contributed by atoms with E-state index in [1.54, 1.807) is 0 Å². The molecule has 11 N–H and O–H groups in total.